The minimum Gasteiger partial charge on any atom is -0.489 e. The third-order valence-electron chi connectivity index (χ3n) is 4.93. The van der Waals surface area contributed by atoms with Gasteiger partial charge < -0.3 is 20.5 Å². The van der Waals surface area contributed by atoms with Crippen molar-refractivity contribution in [2.24, 2.45) is 5.73 Å². The van der Waals surface area contributed by atoms with Gasteiger partial charge in [-0.1, -0.05) is 12.1 Å². The van der Waals surface area contributed by atoms with Crippen LogP contribution in [0.5, 0.6) is 0 Å². The molecule has 0 aliphatic carbocycles. The number of para-hydroxylation sites is 1. The molecule has 8 nitrogen and oxygen atoms in total. The highest BCUT2D eigenvalue weighted by Gasteiger charge is 2.52. The maximum absolute atomic E-state index is 14.0. The molecule has 0 radical (unpaired) electrons. The van der Waals surface area contributed by atoms with Crippen molar-refractivity contribution >= 4 is 23.5 Å². The molecule has 2 amide bonds. The number of allylic oxidation sites excluding steroid dienone is 1. The normalized spacial score (nSPS) is 26.2. The predicted molar refractivity (Wildman–Crippen MR) is 90.7 cm³/mol. The van der Waals surface area contributed by atoms with Gasteiger partial charge in [-0.15, -0.1) is 0 Å². The van der Waals surface area contributed by atoms with Crippen molar-refractivity contribution in [2.75, 3.05) is 18.1 Å². The van der Waals surface area contributed by atoms with Crippen LogP contribution in [-0.2, 0) is 19.1 Å². The molecule has 0 bridgehead atoms. The number of aliphatic carboxylic acids is 1. The highest BCUT2D eigenvalue weighted by Crippen LogP contribution is 2.34. The first-order valence-electron chi connectivity index (χ1n) is 8.36. The average Bonchev–Trinajstić information content (AvgIpc) is 3.01. The van der Waals surface area contributed by atoms with E-state index in [0.717, 1.165) is 4.90 Å². The largest absolute Gasteiger partial charge is 0.489 e. The lowest BCUT2D eigenvalue weighted by molar-refractivity contribution is -0.156. The van der Waals surface area contributed by atoms with E-state index in [1.165, 1.54) is 29.2 Å². The average molecular weight is 373 g/mol. The maximum atomic E-state index is 14.0. The lowest BCUT2D eigenvalue weighted by atomic mass is 9.93. The number of carboxylic acid groups (broad SMARTS) is 1. The van der Waals surface area contributed by atoms with E-state index in [1.807, 2.05) is 0 Å². The van der Waals surface area contributed by atoms with E-state index in [2.05, 4.69) is 0 Å². The Bertz CT molecular complexity index is 925. The van der Waals surface area contributed by atoms with Crippen LogP contribution in [-0.4, -0.2) is 53.0 Å². The van der Waals surface area contributed by atoms with Gasteiger partial charge in [-0.25, -0.2) is 9.18 Å². The molecule has 2 atom stereocenters. The molecule has 2 saturated heterocycles. The maximum Gasteiger partial charge on any atom is 0.356 e. The number of hydrogen-bond acceptors (Lipinski definition) is 5. The van der Waals surface area contributed by atoms with E-state index in [9.17, 15) is 23.9 Å². The Morgan fingerprint density at radius 3 is 2.78 bits per heavy atom. The van der Waals surface area contributed by atoms with Gasteiger partial charge in [0.05, 0.1) is 11.7 Å². The number of nitrogens with zero attached hydrogens (tertiary/aromatic N) is 2. The second kappa shape index (κ2) is 6.20. The van der Waals surface area contributed by atoms with E-state index in [1.54, 1.807) is 6.07 Å². The molecule has 3 aliphatic heterocycles. The SMILES string of the molecule is N[C@@H]1C(=O)N2C(C(=O)O)=C(C=C3CCN(c4ccccc4F)C3=O)OC[C@H]12. The van der Waals surface area contributed by atoms with Gasteiger partial charge in [-0.2, -0.15) is 0 Å². The number of rotatable bonds is 3. The Morgan fingerprint density at radius 2 is 2.07 bits per heavy atom. The number of β-lactam (4-membered cyclic amide) rings is 1. The van der Waals surface area contributed by atoms with Crippen LogP contribution in [0.4, 0.5) is 10.1 Å². The molecule has 1 aromatic carbocycles. The number of anilines is 1. The molecular weight excluding hydrogens is 357 g/mol. The van der Waals surface area contributed by atoms with Crippen molar-refractivity contribution in [3.63, 3.8) is 0 Å². The van der Waals surface area contributed by atoms with Crippen molar-refractivity contribution < 1.29 is 28.6 Å². The summed E-state index contributed by atoms with van der Waals surface area (Å²) in [6.45, 7) is 0.311. The highest BCUT2D eigenvalue weighted by atomic mass is 19.1. The molecular formula is C18H16FN3O5. The van der Waals surface area contributed by atoms with Gasteiger partial charge in [-0.3, -0.25) is 14.5 Å². The van der Waals surface area contributed by atoms with E-state index in [0.29, 0.717) is 6.42 Å². The molecule has 4 rings (SSSR count). The number of halogens is 1. The zero-order chi connectivity index (χ0) is 19.3. The number of benzene rings is 1. The van der Waals surface area contributed by atoms with Gasteiger partial charge in [0.25, 0.3) is 5.91 Å². The Morgan fingerprint density at radius 1 is 1.33 bits per heavy atom. The number of nitrogens with two attached hydrogens (primary N) is 1. The second-order valence-electron chi connectivity index (χ2n) is 6.46. The van der Waals surface area contributed by atoms with Crippen molar-refractivity contribution in [3.8, 4) is 0 Å². The van der Waals surface area contributed by atoms with Crippen molar-refractivity contribution in [1.82, 2.24) is 4.90 Å². The Kier molecular flexibility index (Phi) is 3.96. The van der Waals surface area contributed by atoms with Gasteiger partial charge in [0.2, 0.25) is 5.91 Å². The Balaban J connectivity index is 1.67. The first-order valence-corrected chi connectivity index (χ1v) is 8.36. The molecule has 0 saturated carbocycles. The summed E-state index contributed by atoms with van der Waals surface area (Å²) in [5, 5.41) is 9.49. The van der Waals surface area contributed by atoms with E-state index >= 15 is 0 Å². The summed E-state index contributed by atoms with van der Waals surface area (Å²) >= 11 is 0. The minimum atomic E-state index is -1.34. The summed E-state index contributed by atoms with van der Waals surface area (Å²) in [4.78, 5) is 38.6. The number of carbonyl (C=O) groups is 3. The van der Waals surface area contributed by atoms with Crippen LogP contribution in [0.1, 0.15) is 6.42 Å². The number of carbonyl (C=O) groups excluding carboxylic acids is 2. The van der Waals surface area contributed by atoms with Crippen LogP contribution < -0.4 is 10.6 Å². The number of ether oxygens (including phenoxy) is 1. The van der Waals surface area contributed by atoms with Crippen LogP contribution >= 0.6 is 0 Å². The molecule has 140 valence electrons. The second-order valence-corrected chi connectivity index (χ2v) is 6.46. The fourth-order valence-corrected chi connectivity index (χ4v) is 3.51. The fourth-order valence-electron chi connectivity index (χ4n) is 3.51. The van der Waals surface area contributed by atoms with Crippen molar-refractivity contribution in [2.45, 2.75) is 18.5 Å². The molecule has 0 aromatic heterocycles. The lowest BCUT2D eigenvalue weighted by Gasteiger charge is -2.47. The summed E-state index contributed by atoms with van der Waals surface area (Å²) in [5.74, 6) is -2.87. The number of amides is 2. The van der Waals surface area contributed by atoms with Gasteiger partial charge in [-0.05, 0) is 24.6 Å². The summed E-state index contributed by atoms with van der Waals surface area (Å²) < 4.78 is 19.5. The van der Waals surface area contributed by atoms with Gasteiger partial charge in [0.15, 0.2) is 11.5 Å². The van der Waals surface area contributed by atoms with Gasteiger partial charge >= 0.3 is 5.97 Å². The third kappa shape index (κ3) is 2.58. The van der Waals surface area contributed by atoms with Crippen LogP contribution in [0.2, 0.25) is 0 Å². The highest BCUT2D eigenvalue weighted by molar-refractivity contribution is 6.08. The summed E-state index contributed by atoms with van der Waals surface area (Å²) in [5.41, 5.74) is 5.78. The minimum absolute atomic E-state index is 0.0496. The van der Waals surface area contributed by atoms with Crippen LogP contribution in [0, 0.1) is 5.82 Å². The molecule has 9 heteroatoms. The first kappa shape index (κ1) is 17.2. The quantitative estimate of drug-likeness (QED) is 0.584. The van der Waals surface area contributed by atoms with E-state index in [4.69, 9.17) is 10.5 Å². The van der Waals surface area contributed by atoms with Crippen LogP contribution in [0.3, 0.4) is 0 Å². The topological polar surface area (TPSA) is 113 Å². The smallest absolute Gasteiger partial charge is 0.356 e. The molecule has 27 heavy (non-hydrogen) atoms. The first-order chi connectivity index (χ1) is 12.9. The standard InChI is InChI=1S/C18H16FN3O5/c19-10-3-1-2-4-11(10)21-6-5-9(16(21)23)7-13-15(18(25)26)22-12(8-27-13)14(20)17(22)24/h1-4,7,12,14H,5-6,8,20H2,(H,25,26)/t12-,14+/m1/s1. The van der Waals surface area contributed by atoms with Crippen molar-refractivity contribution in [3.05, 3.63) is 53.2 Å². The molecule has 0 unspecified atom stereocenters. The zero-order valence-corrected chi connectivity index (χ0v) is 14.1. The summed E-state index contributed by atoms with van der Waals surface area (Å²) in [7, 11) is 0. The molecule has 3 heterocycles. The number of fused-ring (bicyclic) bond motifs is 1. The molecule has 2 fully saturated rings. The molecule has 3 N–H and O–H groups in total. The summed E-state index contributed by atoms with van der Waals surface area (Å²) in [6, 6.07) is 4.60. The zero-order valence-electron chi connectivity index (χ0n) is 14.1. The van der Waals surface area contributed by atoms with E-state index < -0.39 is 35.7 Å². The van der Waals surface area contributed by atoms with Gasteiger partial charge in [0.1, 0.15) is 18.5 Å². The number of carboxylic acids is 1. The predicted octanol–water partition coefficient (Wildman–Crippen LogP) is 0.353. The summed E-state index contributed by atoms with van der Waals surface area (Å²) in [6.07, 6.45) is 1.61. The lowest BCUT2D eigenvalue weighted by Crippen LogP contribution is -2.71. The molecule has 0 spiro atoms. The fraction of sp³-hybridized carbons (Fsp3) is 0.278. The Hall–Kier alpha value is -3.20. The number of hydrogen-bond donors (Lipinski definition) is 2. The van der Waals surface area contributed by atoms with E-state index in [-0.39, 0.29) is 35.9 Å². The molecule has 1 aromatic rings. The third-order valence-corrected chi connectivity index (χ3v) is 4.93. The van der Waals surface area contributed by atoms with Gasteiger partial charge in [0, 0.05) is 12.1 Å². The molecule has 3 aliphatic rings. The van der Waals surface area contributed by atoms with Crippen molar-refractivity contribution in [1.29, 1.82) is 0 Å². The monoisotopic (exact) mass is 373 g/mol. The Labute approximate surface area is 153 Å². The van der Waals surface area contributed by atoms with Crippen LogP contribution in [0.15, 0.2) is 47.4 Å². The van der Waals surface area contributed by atoms with Crippen LogP contribution in [0.25, 0.3) is 0 Å².